The van der Waals surface area contributed by atoms with Crippen LogP contribution in [0.3, 0.4) is 0 Å². The summed E-state index contributed by atoms with van der Waals surface area (Å²) in [6.07, 6.45) is 0. The lowest BCUT2D eigenvalue weighted by Gasteiger charge is -2.05. The summed E-state index contributed by atoms with van der Waals surface area (Å²) >= 11 is 0. The number of benzene rings is 2. The molecule has 0 amide bonds. The first-order valence-corrected chi connectivity index (χ1v) is 6.18. The van der Waals surface area contributed by atoms with E-state index in [1.165, 1.54) is 0 Å². The van der Waals surface area contributed by atoms with Gasteiger partial charge in [-0.1, -0.05) is 18.2 Å². The van der Waals surface area contributed by atoms with E-state index in [4.69, 9.17) is 5.73 Å². The lowest BCUT2D eigenvalue weighted by atomic mass is 10.1. The van der Waals surface area contributed by atoms with Crippen molar-refractivity contribution in [3.05, 3.63) is 64.1 Å². The number of H-pyrrole nitrogens is 1. The van der Waals surface area contributed by atoms with Gasteiger partial charge in [-0.2, -0.15) is 0 Å². The Morgan fingerprint density at radius 2 is 1.95 bits per heavy atom. The molecular weight excluding hydrogens is 254 g/mol. The Labute approximate surface area is 114 Å². The molecule has 3 aromatic rings. The Bertz CT molecular complexity index is 874. The molecule has 0 aliphatic heterocycles. The smallest absolute Gasteiger partial charge is 0.333 e. The molecule has 0 aliphatic rings. The molecule has 100 valence electrons. The molecule has 0 bridgehead atoms. The summed E-state index contributed by atoms with van der Waals surface area (Å²) in [5, 5.41) is 0. The number of nitrogens with zero attached hydrogens (tertiary/aromatic N) is 1. The van der Waals surface area contributed by atoms with E-state index in [1.54, 1.807) is 30.3 Å². The second kappa shape index (κ2) is 4.38. The van der Waals surface area contributed by atoms with Crippen LogP contribution in [0, 0.1) is 6.92 Å². The normalized spacial score (nSPS) is 10.8. The second-order valence-electron chi connectivity index (χ2n) is 4.66. The third kappa shape index (κ3) is 1.80. The molecule has 5 heteroatoms. The number of imidazole rings is 1. The van der Waals surface area contributed by atoms with Crippen LogP contribution in [-0.2, 0) is 0 Å². The fourth-order valence-corrected chi connectivity index (χ4v) is 2.26. The van der Waals surface area contributed by atoms with Crippen LogP contribution in [-0.4, -0.2) is 15.5 Å². The summed E-state index contributed by atoms with van der Waals surface area (Å²) in [5.74, 6) is -0.343. The molecule has 5 nitrogen and oxygen atoms in total. The standard InChI is InChI=1S/C15H13N3O2/c1-9-4-2-3-5-11(9)14(19)18-13-7-6-10(16)8-12(13)17-15(18)20/h2-8H,16H2,1H3,(H,17,20). The van der Waals surface area contributed by atoms with Crippen molar-refractivity contribution in [1.82, 2.24) is 9.55 Å². The summed E-state index contributed by atoms with van der Waals surface area (Å²) in [6, 6.07) is 12.1. The number of nitrogens with one attached hydrogen (secondary N) is 1. The molecule has 1 aromatic heterocycles. The van der Waals surface area contributed by atoms with Crippen LogP contribution in [0.4, 0.5) is 5.69 Å². The van der Waals surface area contributed by atoms with E-state index in [1.807, 2.05) is 19.1 Å². The molecule has 0 radical (unpaired) electrons. The van der Waals surface area contributed by atoms with Gasteiger partial charge in [0.25, 0.3) is 5.91 Å². The van der Waals surface area contributed by atoms with Gasteiger partial charge >= 0.3 is 5.69 Å². The van der Waals surface area contributed by atoms with E-state index < -0.39 is 5.69 Å². The van der Waals surface area contributed by atoms with E-state index in [0.29, 0.717) is 22.3 Å². The number of anilines is 1. The maximum atomic E-state index is 12.6. The van der Waals surface area contributed by atoms with Crippen LogP contribution < -0.4 is 11.4 Å². The predicted molar refractivity (Wildman–Crippen MR) is 77.9 cm³/mol. The fourth-order valence-electron chi connectivity index (χ4n) is 2.26. The molecule has 0 fully saturated rings. The number of carbonyl (C=O) groups excluding carboxylic acids is 1. The van der Waals surface area contributed by atoms with Crippen molar-refractivity contribution < 1.29 is 4.79 Å². The zero-order chi connectivity index (χ0) is 14.3. The van der Waals surface area contributed by atoms with Crippen molar-refractivity contribution in [2.45, 2.75) is 6.92 Å². The monoisotopic (exact) mass is 267 g/mol. The summed E-state index contributed by atoms with van der Waals surface area (Å²) in [7, 11) is 0. The first-order valence-electron chi connectivity index (χ1n) is 6.18. The van der Waals surface area contributed by atoms with Gasteiger partial charge in [-0.25, -0.2) is 9.36 Å². The topological polar surface area (TPSA) is 80.9 Å². The number of aromatic amines is 1. The number of aromatic nitrogens is 2. The molecule has 2 aromatic carbocycles. The van der Waals surface area contributed by atoms with Crippen LogP contribution in [0.1, 0.15) is 15.9 Å². The van der Waals surface area contributed by atoms with Gasteiger partial charge in [0.2, 0.25) is 0 Å². The van der Waals surface area contributed by atoms with Crippen molar-refractivity contribution in [1.29, 1.82) is 0 Å². The minimum Gasteiger partial charge on any atom is -0.399 e. The molecule has 0 aliphatic carbocycles. The van der Waals surface area contributed by atoms with Gasteiger partial charge in [0, 0.05) is 11.3 Å². The van der Waals surface area contributed by atoms with Gasteiger partial charge in [0.05, 0.1) is 11.0 Å². The first-order chi connectivity index (χ1) is 9.58. The summed E-state index contributed by atoms with van der Waals surface area (Å²) in [5.41, 5.74) is 8.17. The highest BCUT2D eigenvalue weighted by atomic mass is 16.2. The summed E-state index contributed by atoms with van der Waals surface area (Å²) in [4.78, 5) is 27.2. The zero-order valence-electron chi connectivity index (χ0n) is 10.9. The van der Waals surface area contributed by atoms with Crippen LogP contribution in [0.15, 0.2) is 47.3 Å². The molecule has 0 saturated heterocycles. The highest BCUT2D eigenvalue weighted by Crippen LogP contribution is 2.16. The van der Waals surface area contributed by atoms with Crippen molar-refractivity contribution >= 4 is 22.6 Å². The van der Waals surface area contributed by atoms with Crippen LogP contribution >= 0.6 is 0 Å². The van der Waals surface area contributed by atoms with Gasteiger partial charge in [0.15, 0.2) is 0 Å². The molecule has 3 rings (SSSR count). The molecule has 20 heavy (non-hydrogen) atoms. The third-order valence-corrected chi connectivity index (χ3v) is 3.28. The molecule has 0 saturated carbocycles. The summed E-state index contributed by atoms with van der Waals surface area (Å²) < 4.78 is 1.14. The SMILES string of the molecule is Cc1ccccc1C(=O)n1c(=O)[nH]c2cc(N)ccc21. The lowest BCUT2D eigenvalue weighted by Crippen LogP contribution is -2.25. The molecule has 0 atom stereocenters. The lowest BCUT2D eigenvalue weighted by molar-refractivity contribution is 0.0960. The van der Waals surface area contributed by atoms with Crippen molar-refractivity contribution in [3.8, 4) is 0 Å². The average molecular weight is 267 g/mol. The predicted octanol–water partition coefficient (Wildman–Crippen LogP) is 1.91. The van der Waals surface area contributed by atoms with Gasteiger partial charge in [-0.05, 0) is 36.8 Å². The number of hydrogen-bond acceptors (Lipinski definition) is 3. The number of aryl methyl sites for hydroxylation is 1. The van der Waals surface area contributed by atoms with E-state index in [0.717, 1.165) is 10.1 Å². The molecule has 0 unspecified atom stereocenters. The van der Waals surface area contributed by atoms with Gasteiger partial charge in [-0.15, -0.1) is 0 Å². The fraction of sp³-hybridized carbons (Fsp3) is 0.0667. The third-order valence-electron chi connectivity index (χ3n) is 3.28. The Morgan fingerprint density at radius 3 is 2.70 bits per heavy atom. The maximum Gasteiger partial charge on any atom is 0.333 e. The van der Waals surface area contributed by atoms with E-state index in [-0.39, 0.29) is 5.91 Å². The summed E-state index contributed by atoms with van der Waals surface area (Å²) in [6.45, 7) is 1.84. The minimum atomic E-state index is -0.459. The number of nitrogens with two attached hydrogens (primary N) is 1. The molecule has 0 spiro atoms. The zero-order valence-corrected chi connectivity index (χ0v) is 10.9. The van der Waals surface area contributed by atoms with Crippen LogP contribution in [0.5, 0.6) is 0 Å². The molecule has 1 heterocycles. The van der Waals surface area contributed by atoms with Crippen LogP contribution in [0.2, 0.25) is 0 Å². The van der Waals surface area contributed by atoms with Crippen molar-refractivity contribution in [2.75, 3.05) is 5.73 Å². The first kappa shape index (κ1) is 12.2. The van der Waals surface area contributed by atoms with E-state index >= 15 is 0 Å². The van der Waals surface area contributed by atoms with Crippen molar-refractivity contribution in [3.63, 3.8) is 0 Å². The number of fused-ring (bicyclic) bond motifs is 1. The Kier molecular flexibility index (Phi) is 2.68. The quantitative estimate of drug-likeness (QED) is 0.661. The molecular formula is C15H13N3O2. The average Bonchev–Trinajstić information content (AvgIpc) is 2.73. The van der Waals surface area contributed by atoms with Crippen LogP contribution in [0.25, 0.3) is 11.0 Å². The van der Waals surface area contributed by atoms with Gasteiger partial charge in [0.1, 0.15) is 0 Å². The largest absolute Gasteiger partial charge is 0.399 e. The Balaban J connectivity index is 2.25. The number of rotatable bonds is 1. The highest BCUT2D eigenvalue weighted by molar-refractivity contribution is 6.02. The Hall–Kier alpha value is -2.82. The number of hydrogen-bond donors (Lipinski definition) is 2. The maximum absolute atomic E-state index is 12.6. The van der Waals surface area contributed by atoms with E-state index in [9.17, 15) is 9.59 Å². The number of carbonyl (C=O) groups is 1. The van der Waals surface area contributed by atoms with Crippen molar-refractivity contribution in [2.24, 2.45) is 0 Å². The van der Waals surface area contributed by atoms with Gasteiger partial charge in [-0.3, -0.25) is 4.79 Å². The highest BCUT2D eigenvalue weighted by Gasteiger charge is 2.17. The van der Waals surface area contributed by atoms with Gasteiger partial charge < -0.3 is 10.7 Å². The molecule has 3 N–H and O–H groups in total. The Morgan fingerprint density at radius 1 is 1.20 bits per heavy atom. The minimum absolute atomic E-state index is 0.343. The second-order valence-corrected chi connectivity index (χ2v) is 4.66. The van der Waals surface area contributed by atoms with E-state index in [2.05, 4.69) is 4.98 Å². The number of nitrogen functional groups attached to an aromatic ring is 1.